The number of hydrogen-bond acceptors (Lipinski definition) is 2. The summed E-state index contributed by atoms with van der Waals surface area (Å²) in [7, 11) is 0. The molecule has 2 atom stereocenters. The summed E-state index contributed by atoms with van der Waals surface area (Å²) in [5, 5.41) is 0. The summed E-state index contributed by atoms with van der Waals surface area (Å²) in [6, 6.07) is 33.0. The lowest BCUT2D eigenvalue weighted by molar-refractivity contribution is 0.0306. The fourth-order valence-electron chi connectivity index (χ4n) is 5.50. The smallest absolute Gasteiger partial charge is 0.124 e. The molecule has 1 nitrogen and oxygen atoms in total. The van der Waals surface area contributed by atoms with E-state index in [4.69, 9.17) is 4.74 Å². The number of benzene rings is 3. The van der Waals surface area contributed by atoms with Gasteiger partial charge in [0.2, 0.25) is 0 Å². The van der Waals surface area contributed by atoms with E-state index in [2.05, 4.69) is 91.0 Å². The molecule has 0 bridgehead atoms. The molecule has 1 saturated heterocycles. The first-order valence-electron chi connectivity index (χ1n) is 10.3. The average Bonchev–Trinajstić information content (AvgIpc) is 3.25. The fraction of sp³-hybridized carbons (Fsp3) is 0.308. The summed E-state index contributed by atoms with van der Waals surface area (Å²) in [5.74, 6) is 0.358. The molecule has 3 aromatic rings. The van der Waals surface area contributed by atoms with Gasteiger partial charge in [-0.3, -0.25) is 0 Å². The average molecular weight is 387 g/mol. The Kier molecular flexibility index (Phi) is 4.78. The van der Waals surface area contributed by atoms with E-state index >= 15 is 0 Å². The van der Waals surface area contributed by atoms with Crippen LogP contribution < -0.4 is 0 Å². The first-order valence-corrected chi connectivity index (χ1v) is 11.1. The maximum absolute atomic E-state index is 6.66. The van der Waals surface area contributed by atoms with Gasteiger partial charge in [-0.15, -0.1) is 0 Å². The molecule has 0 spiro atoms. The molecule has 5 rings (SSSR count). The van der Waals surface area contributed by atoms with Gasteiger partial charge in [-0.1, -0.05) is 90.6 Å². The minimum Gasteiger partial charge on any atom is -0.363 e. The van der Waals surface area contributed by atoms with Gasteiger partial charge in [0.05, 0.1) is 0 Å². The Labute approximate surface area is 172 Å². The molecule has 1 heterocycles. The van der Waals surface area contributed by atoms with Gasteiger partial charge >= 0.3 is 0 Å². The van der Waals surface area contributed by atoms with Gasteiger partial charge in [-0.05, 0) is 48.9 Å². The van der Waals surface area contributed by atoms with Crippen LogP contribution in [-0.2, 0) is 4.74 Å². The van der Waals surface area contributed by atoms with Crippen molar-refractivity contribution in [3.63, 3.8) is 0 Å². The van der Waals surface area contributed by atoms with Gasteiger partial charge in [0.15, 0.2) is 0 Å². The highest BCUT2D eigenvalue weighted by molar-refractivity contribution is 8.00. The van der Waals surface area contributed by atoms with Gasteiger partial charge in [-0.2, -0.15) is 0 Å². The molecule has 2 fully saturated rings. The van der Waals surface area contributed by atoms with Crippen LogP contribution in [0.25, 0.3) is 0 Å². The van der Waals surface area contributed by atoms with Crippen molar-refractivity contribution in [2.24, 2.45) is 5.41 Å². The zero-order valence-corrected chi connectivity index (χ0v) is 16.9. The van der Waals surface area contributed by atoms with E-state index in [1.54, 1.807) is 0 Å². The van der Waals surface area contributed by atoms with Gasteiger partial charge < -0.3 is 4.74 Å². The standard InChI is InChI=1S/C26H26OS/c1-4-11-21(12-5-1)24(22-13-6-2-7-14-22)25-17-10-18-26(25,27-20-19-25)28-23-15-8-3-9-16-23/h1-9,11-16,24H,10,17-20H2. The van der Waals surface area contributed by atoms with Crippen LogP contribution in [0, 0.1) is 5.41 Å². The summed E-state index contributed by atoms with van der Waals surface area (Å²) in [4.78, 5) is 1.17. The van der Waals surface area contributed by atoms with Crippen LogP contribution in [0.5, 0.6) is 0 Å². The molecule has 3 aromatic carbocycles. The zero-order chi connectivity index (χ0) is 18.9. The van der Waals surface area contributed by atoms with E-state index in [1.165, 1.54) is 28.9 Å². The Morgan fingerprint density at radius 1 is 0.679 bits per heavy atom. The van der Waals surface area contributed by atoms with Crippen LogP contribution in [0.2, 0.25) is 0 Å². The van der Waals surface area contributed by atoms with Crippen molar-refractivity contribution in [1.29, 1.82) is 0 Å². The molecule has 142 valence electrons. The van der Waals surface area contributed by atoms with Gasteiger partial charge in [0.1, 0.15) is 4.93 Å². The Morgan fingerprint density at radius 3 is 1.86 bits per heavy atom. The Balaban J connectivity index is 1.64. The Morgan fingerprint density at radius 2 is 1.25 bits per heavy atom. The molecule has 2 aliphatic rings. The Bertz CT molecular complexity index is 857. The highest BCUT2D eigenvalue weighted by Crippen LogP contribution is 2.68. The Hall–Kier alpha value is -2.03. The van der Waals surface area contributed by atoms with Gasteiger partial charge in [0.25, 0.3) is 0 Å². The first-order chi connectivity index (χ1) is 13.8. The molecule has 0 amide bonds. The number of hydrogen-bond donors (Lipinski definition) is 0. The molecule has 0 aromatic heterocycles. The molecule has 0 radical (unpaired) electrons. The third kappa shape index (κ3) is 2.91. The molecule has 1 aliphatic heterocycles. The quantitative estimate of drug-likeness (QED) is 0.472. The molecule has 1 saturated carbocycles. The molecule has 2 unspecified atom stereocenters. The third-order valence-corrected chi connectivity index (χ3v) is 8.18. The SMILES string of the molecule is c1ccc(SC23CCCC2(C(c2ccccc2)c2ccccc2)CCO3)cc1. The van der Waals surface area contributed by atoms with Crippen LogP contribution in [0.3, 0.4) is 0 Å². The van der Waals surface area contributed by atoms with E-state index in [0.717, 1.165) is 19.4 Å². The number of fused-ring (bicyclic) bond motifs is 1. The van der Waals surface area contributed by atoms with Gasteiger partial charge in [-0.25, -0.2) is 0 Å². The van der Waals surface area contributed by atoms with E-state index in [9.17, 15) is 0 Å². The van der Waals surface area contributed by atoms with Crippen molar-refractivity contribution in [2.45, 2.75) is 41.4 Å². The normalized spacial score (nSPS) is 26.5. The highest BCUT2D eigenvalue weighted by Gasteiger charge is 2.63. The molecular weight excluding hydrogens is 360 g/mol. The van der Waals surface area contributed by atoms with Crippen molar-refractivity contribution in [3.8, 4) is 0 Å². The van der Waals surface area contributed by atoms with E-state index in [1.807, 2.05) is 11.8 Å². The molecule has 2 heteroatoms. The van der Waals surface area contributed by atoms with Gasteiger partial charge in [0, 0.05) is 22.8 Å². The lowest BCUT2D eigenvalue weighted by atomic mass is 9.65. The lowest BCUT2D eigenvalue weighted by Gasteiger charge is -2.45. The monoisotopic (exact) mass is 386 g/mol. The van der Waals surface area contributed by atoms with Crippen LogP contribution in [0.4, 0.5) is 0 Å². The minimum atomic E-state index is -0.148. The molecule has 28 heavy (non-hydrogen) atoms. The molecular formula is C26H26OS. The number of thioether (sulfide) groups is 1. The summed E-state index contributed by atoms with van der Waals surface area (Å²) < 4.78 is 6.66. The molecule has 1 aliphatic carbocycles. The third-order valence-electron chi connectivity index (χ3n) is 6.62. The van der Waals surface area contributed by atoms with Crippen molar-refractivity contribution in [1.82, 2.24) is 0 Å². The predicted molar refractivity (Wildman–Crippen MR) is 117 cm³/mol. The largest absolute Gasteiger partial charge is 0.363 e. The first kappa shape index (κ1) is 18.0. The van der Waals surface area contributed by atoms with Crippen LogP contribution in [0.1, 0.15) is 42.7 Å². The zero-order valence-electron chi connectivity index (χ0n) is 16.1. The lowest BCUT2D eigenvalue weighted by Crippen LogP contribution is -2.42. The maximum Gasteiger partial charge on any atom is 0.124 e. The predicted octanol–water partition coefficient (Wildman–Crippen LogP) is 6.90. The fourth-order valence-corrected chi connectivity index (χ4v) is 7.08. The molecule has 0 N–H and O–H groups in total. The van der Waals surface area contributed by atoms with Crippen LogP contribution in [0.15, 0.2) is 95.9 Å². The summed E-state index contributed by atoms with van der Waals surface area (Å²) >= 11 is 1.96. The second-order valence-electron chi connectivity index (χ2n) is 8.03. The van der Waals surface area contributed by atoms with Crippen LogP contribution >= 0.6 is 11.8 Å². The number of rotatable bonds is 5. The van der Waals surface area contributed by atoms with Crippen molar-refractivity contribution >= 4 is 11.8 Å². The second kappa shape index (κ2) is 7.42. The second-order valence-corrected chi connectivity index (χ2v) is 9.37. The summed E-state index contributed by atoms with van der Waals surface area (Å²) in [5.41, 5.74) is 2.95. The topological polar surface area (TPSA) is 9.23 Å². The summed E-state index contributed by atoms with van der Waals surface area (Å²) in [6.45, 7) is 0.857. The summed E-state index contributed by atoms with van der Waals surface area (Å²) in [6.07, 6.45) is 4.71. The minimum absolute atomic E-state index is 0.121. The van der Waals surface area contributed by atoms with Crippen molar-refractivity contribution < 1.29 is 4.74 Å². The highest BCUT2D eigenvalue weighted by atomic mass is 32.2. The van der Waals surface area contributed by atoms with Crippen molar-refractivity contribution in [2.75, 3.05) is 6.61 Å². The van der Waals surface area contributed by atoms with Crippen molar-refractivity contribution in [3.05, 3.63) is 102 Å². The van der Waals surface area contributed by atoms with Crippen LogP contribution in [-0.4, -0.2) is 11.5 Å². The maximum atomic E-state index is 6.66. The van der Waals surface area contributed by atoms with E-state index in [0.29, 0.717) is 5.92 Å². The van der Waals surface area contributed by atoms with E-state index in [-0.39, 0.29) is 10.3 Å². The number of ether oxygens (including phenoxy) is 1. The van der Waals surface area contributed by atoms with E-state index < -0.39 is 0 Å².